The lowest BCUT2D eigenvalue weighted by molar-refractivity contribution is 0.143. The molecule has 180 valence electrons. The molecular weight excluding hydrogens is 459 g/mol. The molecule has 10 heteroatoms. The number of benzene rings is 2. The number of halogens is 1. The number of methoxy groups -OCH3 is 3. The van der Waals surface area contributed by atoms with Crippen LogP contribution in [0.3, 0.4) is 0 Å². The van der Waals surface area contributed by atoms with Crippen molar-refractivity contribution in [2.75, 3.05) is 52.8 Å². The molecule has 2 aromatic carbocycles. The van der Waals surface area contributed by atoms with E-state index in [9.17, 15) is 9.18 Å². The van der Waals surface area contributed by atoms with Crippen LogP contribution in [0.5, 0.6) is 17.2 Å². The molecule has 1 aliphatic heterocycles. The summed E-state index contributed by atoms with van der Waals surface area (Å²) in [6, 6.07) is 9.58. The number of rotatable bonds is 7. The highest BCUT2D eigenvalue weighted by atomic mass is 32.1. The second-order valence-electron chi connectivity index (χ2n) is 7.74. The first kappa shape index (κ1) is 23.8. The number of aromatic nitrogens is 1. The van der Waals surface area contributed by atoms with Crippen molar-refractivity contribution >= 4 is 23.1 Å². The average Bonchev–Trinajstić information content (AvgIpc) is 3.32. The predicted octanol–water partition coefficient (Wildman–Crippen LogP) is 4.32. The number of nitrogens with zero attached hydrogens (tertiary/aromatic N) is 3. The smallest absolute Gasteiger partial charge is 0.321 e. The molecule has 0 unspecified atom stereocenters. The van der Waals surface area contributed by atoms with E-state index in [1.807, 2.05) is 5.38 Å². The summed E-state index contributed by atoms with van der Waals surface area (Å²) >= 11 is 1.59. The van der Waals surface area contributed by atoms with Crippen LogP contribution in [-0.4, -0.2) is 68.3 Å². The zero-order chi connectivity index (χ0) is 24.1. The van der Waals surface area contributed by atoms with E-state index < -0.39 is 0 Å². The molecular formula is C24H27FN4O4S. The Labute approximate surface area is 201 Å². The van der Waals surface area contributed by atoms with Crippen molar-refractivity contribution in [3.63, 3.8) is 0 Å². The molecule has 1 saturated heterocycles. The van der Waals surface area contributed by atoms with Crippen LogP contribution < -0.4 is 19.5 Å². The lowest BCUT2D eigenvalue weighted by atomic mass is 10.2. The van der Waals surface area contributed by atoms with Crippen LogP contribution in [-0.2, 0) is 6.54 Å². The highest BCUT2D eigenvalue weighted by Gasteiger charge is 2.23. The standard InChI is InChI=1S/C24H27FN4O4S/c1-31-20-12-18(13-21(32-2)23(20)33-3)26-24(30)29-10-8-28(9-11-29)14-22-27-19(15-34-22)16-4-6-17(25)7-5-16/h4-7,12-13,15H,8-11,14H2,1-3H3,(H,26,30). The van der Waals surface area contributed by atoms with Gasteiger partial charge in [0.15, 0.2) is 11.5 Å². The monoisotopic (exact) mass is 486 g/mol. The Bertz CT molecular complexity index is 1110. The van der Waals surface area contributed by atoms with Crippen molar-refractivity contribution in [2.45, 2.75) is 6.54 Å². The number of nitrogens with one attached hydrogen (secondary N) is 1. The lowest BCUT2D eigenvalue weighted by Crippen LogP contribution is -2.49. The molecule has 1 fully saturated rings. The number of hydrogen-bond acceptors (Lipinski definition) is 7. The van der Waals surface area contributed by atoms with E-state index in [1.165, 1.54) is 33.5 Å². The molecule has 2 heterocycles. The van der Waals surface area contributed by atoms with Gasteiger partial charge in [-0.3, -0.25) is 4.90 Å². The molecule has 0 radical (unpaired) electrons. The third-order valence-corrected chi connectivity index (χ3v) is 6.46. The van der Waals surface area contributed by atoms with Crippen molar-refractivity contribution in [1.29, 1.82) is 0 Å². The Hall–Kier alpha value is -3.37. The van der Waals surface area contributed by atoms with Gasteiger partial charge in [0.1, 0.15) is 10.8 Å². The topological polar surface area (TPSA) is 76.2 Å². The molecule has 0 bridgehead atoms. The number of anilines is 1. The van der Waals surface area contributed by atoms with Crippen LogP contribution in [0.25, 0.3) is 11.3 Å². The third-order valence-electron chi connectivity index (χ3n) is 5.63. The summed E-state index contributed by atoms with van der Waals surface area (Å²) < 4.78 is 29.2. The zero-order valence-electron chi connectivity index (χ0n) is 19.3. The number of urea groups is 1. The quantitative estimate of drug-likeness (QED) is 0.536. The minimum absolute atomic E-state index is 0.179. The first-order chi connectivity index (χ1) is 16.5. The van der Waals surface area contributed by atoms with Crippen LogP contribution in [0.1, 0.15) is 5.01 Å². The van der Waals surface area contributed by atoms with Gasteiger partial charge in [0.05, 0.1) is 39.3 Å². The number of carbonyl (C=O) groups excluding carboxylic acids is 1. The van der Waals surface area contributed by atoms with Crippen molar-refractivity contribution in [2.24, 2.45) is 0 Å². The van der Waals surface area contributed by atoms with E-state index in [0.717, 1.165) is 29.4 Å². The molecule has 4 rings (SSSR count). The average molecular weight is 487 g/mol. The molecule has 1 N–H and O–H groups in total. The number of carbonyl (C=O) groups is 1. The predicted molar refractivity (Wildman–Crippen MR) is 129 cm³/mol. The normalized spacial score (nSPS) is 14.1. The summed E-state index contributed by atoms with van der Waals surface area (Å²) in [6.07, 6.45) is 0. The Morgan fingerprint density at radius 2 is 1.68 bits per heavy atom. The van der Waals surface area contributed by atoms with Gasteiger partial charge in [0.2, 0.25) is 5.75 Å². The van der Waals surface area contributed by atoms with Crippen molar-refractivity contribution in [3.8, 4) is 28.5 Å². The minimum atomic E-state index is -0.258. The van der Waals surface area contributed by atoms with E-state index >= 15 is 0 Å². The van der Waals surface area contributed by atoms with Crippen LogP contribution >= 0.6 is 11.3 Å². The number of hydrogen-bond donors (Lipinski definition) is 1. The summed E-state index contributed by atoms with van der Waals surface area (Å²) in [6.45, 7) is 3.41. The number of ether oxygens (including phenoxy) is 3. The Morgan fingerprint density at radius 3 is 2.26 bits per heavy atom. The lowest BCUT2D eigenvalue weighted by Gasteiger charge is -2.34. The minimum Gasteiger partial charge on any atom is -0.493 e. The number of amides is 2. The summed E-state index contributed by atoms with van der Waals surface area (Å²) in [5.74, 6) is 1.17. The van der Waals surface area contributed by atoms with Crippen molar-refractivity contribution < 1.29 is 23.4 Å². The van der Waals surface area contributed by atoms with Gasteiger partial charge in [-0.1, -0.05) is 0 Å². The fraction of sp³-hybridized carbons (Fsp3) is 0.333. The molecule has 0 atom stereocenters. The Morgan fingerprint density at radius 1 is 1.03 bits per heavy atom. The zero-order valence-corrected chi connectivity index (χ0v) is 20.2. The van der Waals surface area contributed by atoms with Crippen LogP contribution in [0, 0.1) is 5.82 Å². The molecule has 3 aromatic rings. The molecule has 1 aliphatic rings. The van der Waals surface area contributed by atoms with Gasteiger partial charge in [-0.2, -0.15) is 0 Å². The summed E-state index contributed by atoms with van der Waals surface area (Å²) in [5.41, 5.74) is 2.32. The number of piperazine rings is 1. The first-order valence-electron chi connectivity index (χ1n) is 10.8. The second kappa shape index (κ2) is 10.7. The Balaban J connectivity index is 1.32. The SMILES string of the molecule is COc1cc(NC(=O)N2CCN(Cc3nc(-c4ccc(F)cc4)cs3)CC2)cc(OC)c1OC. The van der Waals surface area contributed by atoms with E-state index in [1.54, 1.807) is 40.5 Å². The maximum absolute atomic E-state index is 13.2. The van der Waals surface area contributed by atoms with Crippen LogP contribution in [0.15, 0.2) is 41.8 Å². The van der Waals surface area contributed by atoms with Crippen LogP contribution in [0.2, 0.25) is 0 Å². The summed E-state index contributed by atoms with van der Waals surface area (Å²) in [4.78, 5) is 21.6. The van der Waals surface area contributed by atoms with E-state index in [2.05, 4.69) is 15.2 Å². The molecule has 0 saturated carbocycles. The maximum Gasteiger partial charge on any atom is 0.321 e. The molecule has 8 nitrogen and oxygen atoms in total. The highest BCUT2D eigenvalue weighted by molar-refractivity contribution is 7.09. The summed E-state index contributed by atoms with van der Waals surface area (Å²) in [7, 11) is 4.60. The molecule has 34 heavy (non-hydrogen) atoms. The second-order valence-corrected chi connectivity index (χ2v) is 8.68. The Kier molecular flexibility index (Phi) is 7.49. The van der Waals surface area contributed by atoms with Crippen molar-refractivity contribution in [1.82, 2.24) is 14.8 Å². The van der Waals surface area contributed by atoms with Gasteiger partial charge in [-0.25, -0.2) is 14.2 Å². The third kappa shape index (κ3) is 5.40. The summed E-state index contributed by atoms with van der Waals surface area (Å²) in [5, 5.41) is 5.90. The fourth-order valence-electron chi connectivity index (χ4n) is 3.79. The van der Waals surface area contributed by atoms with Gasteiger partial charge in [0, 0.05) is 49.3 Å². The molecule has 2 amide bonds. The maximum atomic E-state index is 13.2. The molecule has 0 aliphatic carbocycles. The van der Waals surface area contributed by atoms with Crippen LogP contribution in [0.4, 0.5) is 14.9 Å². The van der Waals surface area contributed by atoms with Gasteiger partial charge in [-0.15, -0.1) is 11.3 Å². The first-order valence-corrected chi connectivity index (χ1v) is 11.7. The molecule has 1 aromatic heterocycles. The van der Waals surface area contributed by atoms with Gasteiger partial charge in [0.25, 0.3) is 0 Å². The van der Waals surface area contributed by atoms with E-state index in [4.69, 9.17) is 14.2 Å². The largest absolute Gasteiger partial charge is 0.493 e. The van der Waals surface area contributed by atoms with Crippen molar-refractivity contribution in [3.05, 3.63) is 52.6 Å². The number of thiazole rings is 1. The van der Waals surface area contributed by atoms with Gasteiger partial charge < -0.3 is 24.4 Å². The molecule has 0 spiro atoms. The van der Waals surface area contributed by atoms with E-state index in [-0.39, 0.29) is 11.8 Å². The fourth-order valence-corrected chi connectivity index (χ4v) is 4.64. The highest BCUT2D eigenvalue weighted by Crippen LogP contribution is 2.40. The van der Waals surface area contributed by atoms with E-state index in [0.29, 0.717) is 42.6 Å². The van der Waals surface area contributed by atoms with Gasteiger partial charge in [-0.05, 0) is 24.3 Å². The van der Waals surface area contributed by atoms with Gasteiger partial charge >= 0.3 is 6.03 Å².